The van der Waals surface area contributed by atoms with E-state index in [2.05, 4.69) is 19.9 Å². The molecule has 0 saturated heterocycles. The first kappa shape index (κ1) is 13.3. The minimum absolute atomic E-state index is 0.144. The van der Waals surface area contributed by atoms with Crippen LogP contribution in [0.1, 0.15) is 5.82 Å². The van der Waals surface area contributed by atoms with Crippen molar-refractivity contribution >= 4 is 23.4 Å². The number of methoxy groups -OCH3 is 1. The second kappa shape index (κ2) is 5.67. The van der Waals surface area contributed by atoms with Gasteiger partial charge in [0, 0.05) is 19.2 Å². The Morgan fingerprint density at radius 3 is 2.68 bits per heavy atom. The van der Waals surface area contributed by atoms with Gasteiger partial charge < -0.3 is 21.2 Å². The van der Waals surface area contributed by atoms with Gasteiger partial charge in [0.2, 0.25) is 0 Å². The van der Waals surface area contributed by atoms with E-state index >= 15 is 0 Å². The summed E-state index contributed by atoms with van der Waals surface area (Å²) in [5, 5.41) is 0.889. The summed E-state index contributed by atoms with van der Waals surface area (Å²) in [6.07, 6.45) is 0. The second-order valence-electron chi connectivity index (χ2n) is 3.56. The van der Waals surface area contributed by atoms with Gasteiger partial charge in [-0.2, -0.15) is 0 Å². The van der Waals surface area contributed by atoms with Crippen LogP contribution in [0.3, 0.4) is 0 Å². The first-order valence-electron chi connectivity index (χ1n) is 5.24. The first-order valence-corrected chi connectivity index (χ1v) is 6.05. The predicted octanol–water partition coefficient (Wildman–Crippen LogP) is 0.0219. The van der Waals surface area contributed by atoms with Crippen LogP contribution in [0.4, 0.5) is 11.6 Å². The fraction of sp³-hybridized carbons (Fsp3) is 0.200. The number of rotatable bonds is 4. The van der Waals surface area contributed by atoms with Crippen molar-refractivity contribution in [3.63, 3.8) is 0 Å². The van der Waals surface area contributed by atoms with Crippen LogP contribution in [0.15, 0.2) is 27.1 Å². The van der Waals surface area contributed by atoms with Gasteiger partial charge in [0.1, 0.15) is 23.3 Å². The number of nitrogens with zero attached hydrogens (tertiary/aromatic N) is 3. The summed E-state index contributed by atoms with van der Waals surface area (Å²) >= 11 is 1.14. The summed E-state index contributed by atoms with van der Waals surface area (Å²) in [6.45, 7) is 0.249. The number of aromatic nitrogens is 4. The lowest BCUT2D eigenvalue weighted by molar-refractivity contribution is 0.177. The van der Waals surface area contributed by atoms with E-state index in [1.807, 2.05) is 0 Å². The third-order valence-corrected chi connectivity index (χ3v) is 2.79. The van der Waals surface area contributed by atoms with E-state index in [1.54, 1.807) is 6.07 Å². The van der Waals surface area contributed by atoms with E-state index in [4.69, 9.17) is 16.2 Å². The number of aromatic amines is 1. The number of H-pyrrole nitrogens is 1. The van der Waals surface area contributed by atoms with Crippen LogP contribution in [0.5, 0.6) is 0 Å². The zero-order valence-electron chi connectivity index (χ0n) is 10.1. The van der Waals surface area contributed by atoms with E-state index in [0.717, 1.165) is 11.8 Å². The van der Waals surface area contributed by atoms with Crippen molar-refractivity contribution in [2.24, 2.45) is 0 Å². The molecule has 2 aromatic rings. The number of hydrogen-bond acceptors (Lipinski definition) is 8. The molecule has 2 aromatic heterocycles. The van der Waals surface area contributed by atoms with Gasteiger partial charge in [0.05, 0.1) is 0 Å². The van der Waals surface area contributed by atoms with E-state index in [1.165, 1.54) is 13.2 Å². The number of hydrogen-bond donors (Lipinski definition) is 3. The molecule has 0 aromatic carbocycles. The fourth-order valence-corrected chi connectivity index (χ4v) is 2.17. The molecule has 0 unspecified atom stereocenters. The fourth-order valence-electron chi connectivity index (χ4n) is 1.34. The Bertz CT molecular complexity index is 644. The average Bonchev–Trinajstić information content (AvgIpc) is 2.26. The Balaban J connectivity index is 2.29. The molecule has 0 atom stereocenters. The average molecular weight is 280 g/mol. The van der Waals surface area contributed by atoms with Crippen molar-refractivity contribution in [2.75, 3.05) is 18.6 Å². The smallest absolute Gasteiger partial charge is 0.253 e. The number of ether oxygens (including phenoxy) is 1. The molecule has 0 fully saturated rings. The molecule has 2 rings (SSSR count). The van der Waals surface area contributed by atoms with Crippen LogP contribution in [-0.2, 0) is 11.3 Å². The molecule has 2 heterocycles. The minimum Gasteiger partial charge on any atom is -0.384 e. The van der Waals surface area contributed by atoms with E-state index < -0.39 is 0 Å². The molecular weight excluding hydrogens is 268 g/mol. The van der Waals surface area contributed by atoms with Gasteiger partial charge >= 0.3 is 0 Å². The van der Waals surface area contributed by atoms with Crippen LogP contribution >= 0.6 is 11.8 Å². The van der Waals surface area contributed by atoms with Crippen LogP contribution in [0.2, 0.25) is 0 Å². The Morgan fingerprint density at radius 2 is 2.00 bits per heavy atom. The van der Waals surface area contributed by atoms with Gasteiger partial charge in [-0.1, -0.05) is 0 Å². The van der Waals surface area contributed by atoms with E-state index in [0.29, 0.717) is 21.8 Å². The van der Waals surface area contributed by atoms with Crippen LogP contribution in [0, 0.1) is 0 Å². The molecule has 9 heteroatoms. The van der Waals surface area contributed by atoms with E-state index in [9.17, 15) is 4.79 Å². The summed E-state index contributed by atoms with van der Waals surface area (Å²) in [5.41, 5.74) is 10.8. The van der Waals surface area contributed by atoms with Crippen LogP contribution in [-0.4, -0.2) is 27.0 Å². The third kappa shape index (κ3) is 3.66. The topological polar surface area (TPSA) is 133 Å². The molecule has 8 nitrogen and oxygen atoms in total. The van der Waals surface area contributed by atoms with Gasteiger partial charge in [-0.3, -0.25) is 4.79 Å². The second-order valence-corrected chi connectivity index (χ2v) is 4.57. The summed E-state index contributed by atoms with van der Waals surface area (Å²) in [5.74, 6) is 0.914. The molecule has 19 heavy (non-hydrogen) atoms. The van der Waals surface area contributed by atoms with Crippen molar-refractivity contribution in [3.8, 4) is 0 Å². The Morgan fingerprint density at radius 1 is 1.26 bits per heavy atom. The summed E-state index contributed by atoms with van der Waals surface area (Å²) in [4.78, 5) is 26.0. The summed E-state index contributed by atoms with van der Waals surface area (Å²) < 4.78 is 4.94. The molecule has 0 aliphatic carbocycles. The van der Waals surface area contributed by atoms with Crippen molar-refractivity contribution < 1.29 is 4.74 Å². The van der Waals surface area contributed by atoms with Gasteiger partial charge in [-0.05, 0) is 11.8 Å². The summed E-state index contributed by atoms with van der Waals surface area (Å²) in [6, 6.07) is 2.78. The highest BCUT2D eigenvalue weighted by atomic mass is 32.2. The Hall–Kier alpha value is -2.13. The zero-order chi connectivity index (χ0) is 13.8. The number of anilines is 2. The first-order chi connectivity index (χ1) is 9.06. The molecule has 100 valence electrons. The van der Waals surface area contributed by atoms with Gasteiger partial charge in [-0.25, -0.2) is 15.0 Å². The third-order valence-electron chi connectivity index (χ3n) is 1.98. The number of nitrogen functional groups attached to an aromatic ring is 2. The monoisotopic (exact) mass is 280 g/mol. The molecule has 0 spiro atoms. The molecule has 0 amide bonds. The SMILES string of the molecule is COCc1nc(N)cc(Sc2nc(N)cc(=O)[nH]2)n1. The highest BCUT2D eigenvalue weighted by Crippen LogP contribution is 2.23. The lowest BCUT2D eigenvalue weighted by atomic mass is 10.5. The normalized spacial score (nSPS) is 10.6. The lowest BCUT2D eigenvalue weighted by Gasteiger charge is -2.04. The number of nitrogens with one attached hydrogen (secondary N) is 1. The predicted molar refractivity (Wildman–Crippen MR) is 70.6 cm³/mol. The zero-order valence-corrected chi connectivity index (χ0v) is 10.9. The van der Waals surface area contributed by atoms with Crippen molar-refractivity contribution in [2.45, 2.75) is 16.8 Å². The highest BCUT2D eigenvalue weighted by Gasteiger charge is 2.07. The van der Waals surface area contributed by atoms with Crippen LogP contribution < -0.4 is 17.0 Å². The molecule has 0 aliphatic rings. The van der Waals surface area contributed by atoms with Crippen molar-refractivity contribution in [1.82, 2.24) is 19.9 Å². The lowest BCUT2D eigenvalue weighted by Crippen LogP contribution is -2.09. The molecule has 0 radical (unpaired) electrons. The van der Waals surface area contributed by atoms with Crippen molar-refractivity contribution in [3.05, 3.63) is 28.3 Å². The van der Waals surface area contributed by atoms with Crippen molar-refractivity contribution in [1.29, 1.82) is 0 Å². The molecule has 0 saturated carbocycles. The van der Waals surface area contributed by atoms with E-state index in [-0.39, 0.29) is 18.0 Å². The maximum Gasteiger partial charge on any atom is 0.253 e. The largest absolute Gasteiger partial charge is 0.384 e. The van der Waals surface area contributed by atoms with Crippen LogP contribution in [0.25, 0.3) is 0 Å². The molecule has 0 aliphatic heterocycles. The summed E-state index contributed by atoms with van der Waals surface area (Å²) in [7, 11) is 1.54. The Labute approximate surface area is 112 Å². The van der Waals surface area contributed by atoms with Gasteiger partial charge in [-0.15, -0.1) is 0 Å². The quantitative estimate of drug-likeness (QED) is 0.527. The number of nitrogens with two attached hydrogens (primary N) is 2. The Kier molecular flexibility index (Phi) is 3.97. The molecule has 5 N–H and O–H groups in total. The highest BCUT2D eigenvalue weighted by molar-refractivity contribution is 7.99. The van der Waals surface area contributed by atoms with Gasteiger partial charge in [0.25, 0.3) is 5.56 Å². The molecule has 0 bridgehead atoms. The molecular formula is C10H12N6O2S. The maximum absolute atomic E-state index is 11.3. The maximum atomic E-state index is 11.3. The van der Waals surface area contributed by atoms with Gasteiger partial charge in [0.15, 0.2) is 11.0 Å². The minimum atomic E-state index is -0.325. The standard InChI is InChI=1S/C10H12N6O2S/c1-18-4-7-13-6(12)3-9(15-7)19-10-14-5(11)2-8(17)16-10/h2-3H,4H2,1H3,(H2,12,13,15)(H3,11,14,16,17).